The van der Waals surface area contributed by atoms with E-state index in [1.165, 1.54) is 7.11 Å². The Hall–Kier alpha value is -3.52. The van der Waals surface area contributed by atoms with Crippen molar-refractivity contribution in [1.29, 1.82) is 0 Å². The van der Waals surface area contributed by atoms with E-state index < -0.39 is 5.97 Å². The summed E-state index contributed by atoms with van der Waals surface area (Å²) in [5.41, 5.74) is 1.75. The van der Waals surface area contributed by atoms with Crippen LogP contribution in [-0.4, -0.2) is 65.1 Å². The van der Waals surface area contributed by atoms with E-state index in [2.05, 4.69) is 15.0 Å². The van der Waals surface area contributed by atoms with Gasteiger partial charge in [-0.2, -0.15) is 4.98 Å². The fraction of sp³-hybridized carbons (Fsp3) is 0.304. The van der Waals surface area contributed by atoms with E-state index in [9.17, 15) is 9.59 Å². The molecule has 0 unspecified atom stereocenters. The van der Waals surface area contributed by atoms with Crippen LogP contribution in [0.3, 0.4) is 0 Å². The maximum absolute atomic E-state index is 13.0. The number of carbonyl (C=O) groups excluding carboxylic acids is 2. The molecule has 0 N–H and O–H groups in total. The first-order valence-electron chi connectivity index (χ1n) is 10.2. The Morgan fingerprint density at radius 1 is 1.00 bits per heavy atom. The Morgan fingerprint density at radius 3 is 2.61 bits per heavy atom. The Balaban J connectivity index is 1.37. The third-order valence-corrected chi connectivity index (χ3v) is 5.26. The largest absolute Gasteiger partial charge is 0.465 e. The van der Waals surface area contributed by atoms with Gasteiger partial charge in [0.2, 0.25) is 0 Å². The first-order chi connectivity index (χ1) is 15.1. The zero-order chi connectivity index (χ0) is 21.6. The standard InChI is InChI=1S/C23H24N4O4/c1-30-23(29)19-10-5-9-18(15-19)22(28)27-12-6-11-26(13-14-27)16-20-24-21(31-25-20)17-7-3-2-4-8-17/h2-5,7-10,15H,6,11-14,16H2,1H3. The summed E-state index contributed by atoms with van der Waals surface area (Å²) in [7, 11) is 1.33. The molecule has 2 aromatic carbocycles. The molecule has 0 aliphatic carbocycles. The van der Waals surface area contributed by atoms with E-state index in [4.69, 9.17) is 9.26 Å². The van der Waals surface area contributed by atoms with E-state index in [0.717, 1.165) is 18.5 Å². The zero-order valence-corrected chi connectivity index (χ0v) is 17.4. The lowest BCUT2D eigenvalue weighted by atomic mass is 10.1. The Bertz CT molecular complexity index is 1050. The highest BCUT2D eigenvalue weighted by Gasteiger charge is 2.22. The number of amides is 1. The molecule has 1 aliphatic rings. The van der Waals surface area contributed by atoms with E-state index in [1.54, 1.807) is 24.3 Å². The molecular weight excluding hydrogens is 396 g/mol. The molecule has 31 heavy (non-hydrogen) atoms. The average molecular weight is 420 g/mol. The lowest BCUT2D eigenvalue weighted by Gasteiger charge is -2.21. The highest BCUT2D eigenvalue weighted by molar-refractivity contribution is 5.97. The number of hydrogen-bond acceptors (Lipinski definition) is 7. The first-order valence-corrected chi connectivity index (χ1v) is 10.2. The number of esters is 1. The van der Waals surface area contributed by atoms with Crippen LogP contribution in [-0.2, 0) is 11.3 Å². The molecular formula is C23H24N4O4. The van der Waals surface area contributed by atoms with Crippen molar-refractivity contribution in [1.82, 2.24) is 19.9 Å². The van der Waals surface area contributed by atoms with Gasteiger partial charge in [0.15, 0.2) is 5.82 Å². The minimum Gasteiger partial charge on any atom is -0.465 e. The highest BCUT2D eigenvalue weighted by atomic mass is 16.5. The summed E-state index contributed by atoms with van der Waals surface area (Å²) in [4.78, 5) is 33.3. The molecule has 8 nitrogen and oxygen atoms in total. The Morgan fingerprint density at radius 2 is 1.81 bits per heavy atom. The third kappa shape index (κ3) is 4.97. The second kappa shape index (κ2) is 9.53. The molecule has 1 fully saturated rings. The van der Waals surface area contributed by atoms with Gasteiger partial charge in [-0.1, -0.05) is 29.4 Å². The van der Waals surface area contributed by atoms with Gasteiger partial charge >= 0.3 is 5.97 Å². The van der Waals surface area contributed by atoms with E-state index in [1.807, 2.05) is 35.2 Å². The molecule has 8 heteroatoms. The molecule has 3 aromatic rings. The SMILES string of the molecule is COC(=O)c1cccc(C(=O)N2CCCN(Cc3noc(-c4ccccc4)n3)CC2)c1. The summed E-state index contributed by atoms with van der Waals surface area (Å²) >= 11 is 0. The van der Waals surface area contributed by atoms with E-state index in [-0.39, 0.29) is 5.91 Å². The van der Waals surface area contributed by atoms with Crippen molar-refractivity contribution < 1.29 is 18.8 Å². The van der Waals surface area contributed by atoms with Gasteiger partial charge in [-0.05, 0) is 36.8 Å². The zero-order valence-electron chi connectivity index (χ0n) is 17.4. The van der Waals surface area contributed by atoms with Gasteiger partial charge in [-0.3, -0.25) is 9.69 Å². The topological polar surface area (TPSA) is 88.8 Å². The minimum absolute atomic E-state index is 0.0847. The summed E-state index contributed by atoms with van der Waals surface area (Å²) in [6.07, 6.45) is 0.839. The van der Waals surface area contributed by atoms with Crippen LogP contribution in [0.4, 0.5) is 0 Å². The lowest BCUT2D eigenvalue weighted by Crippen LogP contribution is -2.35. The summed E-state index contributed by atoms with van der Waals surface area (Å²) in [6.45, 7) is 3.35. The molecule has 1 aromatic heterocycles. The molecule has 0 saturated carbocycles. The van der Waals surface area contributed by atoms with Crippen LogP contribution in [0.1, 0.15) is 33.0 Å². The quantitative estimate of drug-likeness (QED) is 0.587. The van der Waals surface area contributed by atoms with Crippen molar-refractivity contribution in [2.45, 2.75) is 13.0 Å². The monoisotopic (exact) mass is 420 g/mol. The van der Waals surface area contributed by atoms with Crippen molar-refractivity contribution in [3.8, 4) is 11.5 Å². The fourth-order valence-electron chi connectivity index (χ4n) is 3.63. The maximum Gasteiger partial charge on any atom is 0.337 e. The number of nitrogens with zero attached hydrogens (tertiary/aromatic N) is 4. The smallest absolute Gasteiger partial charge is 0.337 e. The number of hydrogen-bond donors (Lipinski definition) is 0. The molecule has 4 rings (SSSR count). The maximum atomic E-state index is 13.0. The molecule has 1 amide bonds. The summed E-state index contributed by atoms with van der Waals surface area (Å²) in [5, 5.41) is 4.10. The summed E-state index contributed by atoms with van der Waals surface area (Å²) in [5.74, 6) is 0.599. The normalized spacial score (nSPS) is 14.8. The second-order valence-corrected chi connectivity index (χ2v) is 7.38. The Kier molecular flexibility index (Phi) is 6.37. The highest BCUT2D eigenvalue weighted by Crippen LogP contribution is 2.17. The molecule has 0 atom stereocenters. The van der Waals surface area contributed by atoms with Crippen LogP contribution in [0.2, 0.25) is 0 Å². The minimum atomic E-state index is -0.452. The van der Waals surface area contributed by atoms with Crippen LogP contribution < -0.4 is 0 Å². The average Bonchev–Trinajstić information content (AvgIpc) is 3.16. The summed E-state index contributed by atoms with van der Waals surface area (Å²) < 4.78 is 10.1. The molecule has 0 radical (unpaired) electrons. The van der Waals surface area contributed by atoms with Gasteiger partial charge in [-0.15, -0.1) is 0 Å². The van der Waals surface area contributed by atoms with Gasteiger partial charge in [0.25, 0.3) is 11.8 Å². The number of rotatable bonds is 5. The van der Waals surface area contributed by atoms with Crippen LogP contribution in [0.25, 0.3) is 11.5 Å². The van der Waals surface area contributed by atoms with Crippen molar-refractivity contribution in [2.24, 2.45) is 0 Å². The van der Waals surface area contributed by atoms with E-state index in [0.29, 0.717) is 49.0 Å². The van der Waals surface area contributed by atoms with Crippen molar-refractivity contribution in [3.05, 3.63) is 71.5 Å². The summed E-state index contributed by atoms with van der Waals surface area (Å²) in [6, 6.07) is 16.3. The molecule has 0 bridgehead atoms. The van der Waals surface area contributed by atoms with Gasteiger partial charge in [0, 0.05) is 37.3 Å². The van der Waals surface area contributed by atoms with E-state index >= 15 is 0 Å². The number of benzene rings is 2. The number of aromatic nitrogens is 2. The molecule has 1 saturated heterocycles. The molecule has 2 heterocycles. The molecule has 0 spiro atoms. The molecule has 160 valence electrons. The second-order valence-electron chi connectivity index (χ2n) is 7.38. The van der Waals surface area contributed by atoms with Gasteiger partial charge in [-0.25, -0.2) is 4.79 Å². The van der Waals surface area contributed by atoms with Crippen LogP contribution in [0, 0.1) is 0 Å². The first kappa shape index (κ1) is 20.7. The van der Waals surface area contributed by atoms with Gasteiger partial charge in [0.1, 0.15) is 0 Å². The van der Waals surface area contributed by atoms with Crippen molar-refractivity contribution in [3.63, 3.8) is 0 Å². The van der Waals surface area contributed by atoms with Crippen LogP contribution >= 0.6 is 0 Å². The van der Waals surface area contributed by atoms with Gasteiger partial charge in [0.05, 0.1) is 19.2 Å². The molecule has 1 aliphatic heterocycles. The number of ether oxygens (including phenoxy) is 1. The van der Waals surface area contributed by atoms with Crippen LogP contribution in [0.5, 0.6) is 0 Å². The lowest BCUT2D eigenvalue weighted by molar-refractivity contribution is 0.0600. The number of methoxy groups -OCH3 is 1. The number of carbonyl (C=O) groups is 2. The van der Waals surface area contributed by atoms with Gasteiger partial charge < -0.3 is 14.2 Å². The Labute approximate surface area is 180 Å². The predicted molar refractivity (Wildman–Crippen MR) is 113 cm³/mol. The van der Waals surface area contributed by atoms with Crippen molar-refractivity contribution in [2.75, 3.05) is 33.3 Å². The van der Waals surface area contributed by atoms with Crippen LogP contribution in [0.15, 0.2) is 59.1 Å². The predicted octanol–water partition coefficient (Wildman–Crippen LogP) is 2.87. The third-order valence-electron chi connectivity index (χ3n) is 5.26. The van der Waals surface area contributed by atoms with Crippen molar-refractivity contribution >= 4 is 11.9 Å². The fourth-order valence-corrected chi connectivity index (χ4v) is 3.63.